The van der Waals surface area contributed by atoms with Crippen LogP contribution in [0.5, 0.6) is 11.5 Å². The van der Waals surface area contributed by atoms with Gasteiger partial charge in [0.1, 0.15) is 18.5 Å². The van der Waals surface area contributed by atoms with E-state index in [1.54, 1.807) is 0 Å². The van der Waals surface area contributed by atoms with Gasteiger partial charge in [-0.1, -0.05) is 12.1 Å². The zero-order valence-electron chi connectivity index (χ0n) is 13.2. The standard InChI is InChI=1S/C17H21NO5/c1-21-17(20)13-10-18(9-7-14(13)19)8-6-12-11-22-15-4-2-3-5-16(15)23-12/h2-5,12,19H,6-11H2,1H3. The highest BCUT2D eigenvalue weighted by Gasteiger charge is 2.26. The van der Waals surface area contributed by atoms with Crippen molar-refractivity contribution in [3.63, 3.8) is 0 Å². The van der Waals surface area contributed by atoms with Crippen molar-refractivity contribution in [2.45, 2.75) is 18.9 Å². The number of ether oxygens (including phenoxy) is 3. The second kappa shape index (κ2) is 6.91. The van der Waals surface area contributed by atoms with Gasteiger partial charge in [0.15, 0.2) is 11.5 Å². The van der Waals surface area contributed by atoms with Crippen LogP contribution in [0.15, 0.2) is 35.6 Å². The van der Waals surface area contributed by atoms with Crippen molar-refractivity contribution >= 4 is 5.97 Å². The fraction of sp³-hybridized carbons (Fsp3) is 0.471. The Kier molecular flexibility index (Phi) is 4.71. The molecule has 6 heteroatoms. The highest BCUT2D eigenvalue weighted by molar-refractivity contribution is 5.89. The van der Waals surface area contributed by atoms with Gasteiger partial charge in [0, 0.05) is 32.5 Å². The summed E-state index contributed by atoms with van der Waals surface area (Å²) in [5.41, 5.74) is 0.352. The van der Waals surface area contributed by atoms with E-state index in [9.17, 15) is 9.90 Å². The highest BCUT2D eigenvalue weighted by Crippen LogP contribution is 2.31. The van der Waals surface area contributed by atoms with Crippen LogP contribution >= 0.6 is 0 Å². The van der Waals surface area contributed by atoms with Crippen LogP contribution in [0.1, 0.15) is 12.8 Å². The maximum absolute atomic E-state index is 11.7. The number of hydrogen-bond donors (Lipinski definition) is 1. The average Bonchev–Trinajstić information content (AvgIpc) is 2.60. The number of para-hydroxylation sites is 2. The predicted molar refractivity (Wildman–Crippen MR) is 83.7 cm³/mol. The molecule has 0 saturated carbocycles. The lowest BCUT2D eigenvalue weighted by Gasteiger charge is -2.31. The number of methoxy groups -OCH3 is 1. The number of nitrogens with zero attached hydrogens (tertiary/aromatic N) is 1. The monoisotopic (exact) mass is 319 g/mol. The Morgan fingerprint density at radius 2 is 2.17 bits per heavy atom. The number of carbonyl (C=O) groups is 1. The fourth-order valence-electron chi connectivity index (χ4n) is 2.84. The van der Waals surface area contributed by atoms with Gasteiger partial charge >= 0.3 is 5.97 Å². The molecule has 6 nitrogen and oxygen atoms in total. The lowest BCUT2D eigenvalue weighted by atomic mass is 10.1. The number of aliphatic hydroxyl groups excluding tert-OH is 1. The Balaban J connectivity index is 1.53. The van der Waals surface area contributed by atoms with E-state index in [1.165, 1.54) is 7.11 Å². The molecule has 23 heavy (non-hydrogen) atoms. The Hall–Kier alpha value is -2.21. The second-order valence-corrected chi connectivity index (χ2v) is 5.73. The van der Waals surface area contributed by atoms with Gasteiger partial charge in [0.05, 0.1) is 12.7 Å². The van der Waals surface area contributed by atoms with E-state index in [4.69, 9.17) is 14.2 Å². The van der Waals surface area contributed by atoms with E-state index in [1.807, 2.05) is 24.3 Å². The first-order valence-corrected chi connectivity index (χ1v) is 7.77. The maximum atomic E-state index is 11.7. The van der Waals surface area contributed by atoms with Crippen molar-refractivity contribution in [3.8, 4) is 11.5 Å². The molecule has 0 fully saturated rings. The van der Waals surface area contributed by atoms with Gasteiger partial charge in [-0.05, 0) is 12.1 Å². The van der Waals surface area contributed by atoms with Crippen LogP contribution < -0.4 is 9.47 Å². The van der Waals surface area contributed by atoms with Crippen LogP contribution in [-0.4, -0.2) is 55.4 Å². The normalized spacial score (nSPS) is 21.2. The summed E-state index contributed by atoms with van der Waals surface area (Å²) in [7, 11) is 1.33. The number of aliphatic hydroxyl groups is 1. The molecule has 0 bridgehead atoms. The van der Waals surface area contributed by atoms with Crippen LogP contribution in [0.4, 0.5) is 0 Å². The number of benzene rings is 1. The van der Waals surface area contributed by atoms with Crippen LogP contribution in [0.2, 0.25) is 0 Å². The minimum atomic E-state index is -0.460. The molecule has 0 aromatic heterocycles. The van der Waals surface area contributed by atoms with E-state index in [-0.39, 0.29) is 11.9 Å². The molecule has 1 aromatic rings. The molecule has 0 spiro atoms. The molecule has 0 saturated heterocycles. The average molecular weight is 319 g/mol. The third-order valence-corrected chi connectivity index (χ3v) is 4.16. The topological polar surface area (TPSA) is 68.2 Å². The summed E-state index contributed by atoms with van der Waals surface area (Å²) in [4.78, 5) is 13.8. The van der Waals surface area contributed by atoms with Crippen molar-refractivity contribution in [3.05, 3.63) is 35.6 Å². The summed E-state index contributed by atoms with van der Waals surface area (Å²) in [6.45, 7) is 2.42. The first-order valence-electron chi connectivity index (χ1n) is 7.77. The van der Waals surface area contributed by atoms with E-state index < -0.39 is 5.97 Å². The summed E-state index contributed by atoms with van der Waals surface area (Å²) in [6, 6.07) is 7.64. The molecule has 124 valence electrons. The zero-order chi connectivity index (χ0) is 16.2. The summed E-state index contributed by atoms with van der Waals surface area (Å²) in [5.74, 6) is 1.23. The summed E-state index contributed by atoms with van der Waals surface area (Å²) < 4.78 is 16.4. The molecule has 3 rings (SSSR count). The number of rotatable bonds is 4. The molecular formula is C17H21NO5. The van der Waals surface area contributed by atoms with Crippen LogP contribution in [0.3, 0.4) is 0 Å². The zero-order valence-corrected chi connectivity index (χ0v) is 13.2. The minimum absolute atomic E-state index is 0.00835. The van der Waals surface area contributed by atoms with Gasteiger partial charge in [0.25, 0.3) is 0 Å². The Morgan fingerprint density at radius 1 is 1.39 bits per heavy atom. The first kappa shape index (κ1) is 15.7. The van der Waals surface area contributed by atoms with Crippen LogP contribution in [-0.2, 0) is 9.53 Å². The van der Waals surface area contributed by atoms with Gasteiger partial charge in [0.2, 0.25) is 0 Å². The fourth-order valence-corrected chi connectivity index (χ4v) is 2.84. The molecule has 0 radical (unpaired) electrons. The second-order valence-electron chi connectivity index (χ2n) is 5.73. The SMILES string of the molecule is COC(=O)C1=C(O)CCN(CCC2COc3ccccc3O2)C1. The molecule has 1 unspecified atom stereocenters. The van der Waals surface area contributed by atoms with Crippen molar-refractivity contribution in [1.29, 1.82) is 0 Å². The van der Waals surface area contributed by atoms with Crippen LogP contribution in [0, 0.1) is 0 Å². The summed E-state index contributed by atoms with van der Waals surface area (Å²) in [5, 5.41) is 9.82. The molecule has 2 aliphatic heterocycles. The van der Waals surface area contributed by atoms with Crippen molar-refractivity contribution in [1.82, 2.24) is 4.90 Å². The van der Waals surface area contributed by atoms with Crippen LogP contribution in [0.25, 0.3) is 0 Å². The first-order chi connectivity index (χ1) is 11.2. The number of esters is 1. The van der Waals surface area contributed by atoms with E-state index in [0.29, 0.717) is 25.1 Å². The molecule has 1 aromatic carbocycles. The lowest BCUT2D eigenvalue weighted by Crippen LogP contribution is -2.38. The Bertz CT molecular complexity index is 613. The van der Waals surface area contributed by atoms with Crippen molar-refractivity contribution < 1.29 is 24.1 Å². The highest BCUT2D eigenvalue weighted by atomic mass is 16.6. The number of carbonyl (C=O) groups excluding carboxylic acids is 1. The quantitative estimate of drug-likeness (QED) is 0.855. The number of hydrogen-bond acceptors (Lipinski definition) is 6. The van der Waals surface area contributed by atoms with E-state index in [0.717, 1.165) is 31.0 Å². The molecule has 1 atom stereocenters. The third kappa shape index (κ3) is 3.59. The molecule has 2 aliphatic rings. The summed E-state index contributed by atoms with van der Waals surface area (Å²) >= 11 is 0. The molecule has 2 heterocycles. The Morgan fingerprint density at radius 3 is 2.96 bits per heavy atom. The van der Waals surface area contributed by atoms with Gasteiger partial charge in [-0.3, -0.25) is 4.90 Å². The largest absolute Gasteiger partial charge is 0.512 e. The predicted octanol–water partition coefficient (Wildman–Crippen LogP) is 1.91. The number of fused-ring (bicyclic) bond motifs is 1. The lowest BCUT2D eigenvalue weighted by molar-refractivity contribution is -0.136. The maximum Gasteiger partial charge on any atom is 0.338 e. The molecular weight excluding hydrogens is 298 g/mol. The molecule has 1 N–H and O–H groups in total. The summed E-state index contributed by atoms with van der Waals surface area (Å²) in [6.07, 6.45) is 1.25. The molecule has 0 amide bonds. The van der Waals surface area contributed by atoms with Gasteiger partial charge < -0.3 is 19.3 Å². The van der Waals surface area contributed by atoms with E-state index >= 15 is 0 Å². The minimum Gasteiger partial charge on any atom is -0.512 e. The van der Waals surface area contributed by atoms with Gasteiger partial charge in [-0.2, -0.15) is 0 Å². The Labute approximate surface area is 135 Å². The smallest absolute Gasteiger partial charge is 0.338 e. The van der Waals surface area contributed by atoms with Gasteiger partial charge in [-0.25, -0.2) is 4.79 Å². The molecule has 0 aliphatic carbocycles. The van der Waals surface area contributed by atoms with E-state index in [2.05, 4.69) is 4.90 Å². The van der Waals surface area contributed by atoms with Crippen molar-refractivity contribution in [2.75, 3.05) is 33.4 Å². The van der Waals surface area contributed by atoms with Gasteiger partial charge in [-0.15, -0.1) is 0 Å². The third-order valence-electron chi connectivity index (χ3n) is 4.16. The van der Waals surface area contributed by atoms with Crippen molar-refractivity contribution in [2.24, 2.45) is 0 Å².